The molecule has 0 bridgehead atoms. The number of hydrogen-bond acceptors (Lipinski definition) is 4. The van der Waals surface area contributed by atoms with Crippen LogP contribution < -0.4 is 5.32 Å². The number of aliphatic hydroxyl groups is 1. The minimum Gasteiger partial charge on any atom is -0.453 e. The Morgan fingerprint density at radius 3 is 2.38 bits per heavy atom. The summed E-state index contributed by atoms with van der Waals surface area (Å²) in [4.78, 5) is 21.5. The monoisotopic (exact) mass is 189 g/mol. The molecule has 0 aromatic heterocycles. The Kier molecular flexibility index (Phi) is 5.06. The van der Waals surface area contributed by atoms with Gasteiger partial charge in [-0.3, -0.25) is 9.59 Å². The minimum absolute atomic E-state index is 0.157. The number of ether oxygens (including phenoxy) is 1. The molecule has 0 aliphatic heterocycles. The van der Waals surface area contributed by atoms with Gasteiger partial charge < -0.3 is 15.2 Å². The van der Waals surface area contributed by atoms with E-state index in [1.165, 1.54) is 13.8 Å². The molecule has 0 fully saturated rings. The molecule has 0 saturated heterocycles. The maximum absolute atomic E-state index is 11.1. The number of amides is 1. The van der Waals surface area contributed by atoms with Crippen LogP contribution in [0.1, 0.15) is 20.8 Å². The first-order chi connectivity index (χ1) is 5.93. The topological polar surface area (TPSA) is 75.6 Å². The standard InChI is InChI=1S/C8H15NO4/c1-5(10)4-9-8(12)6(2)13-7(3)11/h5-6,10H,4H2,1-3H3,(H,9,12)/t5-,6+/m0/s1. The Morgan fingerprint density at radius 2 is 2.00 bits per heavy atom. The highest BCUT2D eigenvalue weighted by molar-refractivity contribution is 5.82. The zero-order valence-electron chi connectivity index (χ0n) is 8.03. The Labute approximate surface area is 77.1 Å². The molecule has 5 nitrogen and oxygen atoms in total. The molecule has 0 rings (SSSR count). The molecular weight excluding hydrogens is 174 g/mol. The van der Waals surface area contributed by atoms with Crippen molar-refractivity contribution >= 4 is 11.9 Å². The third-order valence-corrected chi connectivity index (χ3v) is 1.28. The Hall–Kier alpha value is -1.10. The van der Waals surface area contributed by atoms with E-state index >= 15 is 0 Å². The second-order valence-corrected chi connectivity index (χ2v) is 2.85. The number of rotatable bonds is 4. The summed E-state index contributed by atoms with van der Waals surface area (Å²) in [5, 5.41) is 11.3. The van der Waals surface area contributed by atoms with Crippen LogP contribution in [0.2, 0.25) is 0 Å². The van der Waals surface area contributed by atoms with Crippen molar-refractivity contribution in [3.8, 4) is 0 Å². The van der Waals surface area contributed by atoms with Crippen molar-refractivity contribution in [2.45, 2.75) is 33.0 Å². The van der Waals surface area contributed by atoms with E-state index in [4.69, 9.17) is 5.11 Å². The maximum atomic E-state index is 11.1. The van der Waals surface area contributed by atoms with Crippen molar-refractivity contribution < 1.29 is 19.4 Å². The lowest BCUT2D eigenvalue weighted by Crippen LogP contribution is -2.38. The zero-order chi connectivity index (χ0) is 10.4. The smallest absolute Gasteiger partial charge is 0.303 e. The third kappa shape index (κ3) is 6.10. The molecule has 0 spiro atoms. The van der Waals surface area contributed by atoms with Gasteiger partial charge in [0.1, 0.15) is 0 Å². The van der Waals surface area contributed by atoms with E-state index < -0.39 is 24.1 Å². The number of nitrogens with one attached hydrogen (secondary N) is 1. The highest BCUT2D eigenvalue weighted by Crippen LogP contribution is 1.91. The van der Waals surface area contributed by atoms with Crippen LogP contribution >= 0.6 is 0 Å². The molecule has 0 aromatic rings. The quantitative estimate of drug-likeness (QED) is 0.581. The van der Waals surface area contributed by atoms with Crippen molar-refractivity contribution in [1.29, 1.82) is 0 Å². The molecule has 2 atom stereocenters. The molecule has 76 valence electrons. The van der Waals surface area contributed by atoms with Crippen LogP contribution in [0.3, 0.4) is 0 Å². The molecule has 0 heterocycles. The molecule has 0 aliphatic rings. The van der Waals surface area contributed by atoms with Gasteiger partial charge in [0.15, 0.2) is 6.10 Å². The molecule has 5 heteroatoms. The SMILES string of the molecule is CC(=O)O[C@H](C)C(=O)NC[C@H](C)O. The lowest BCUT2D eigenvalue weighted by Gasteiger charge is -2.12. The predicted molar refractivity (Wildman–Crippen MR) is 45.9 cm³/mol. The fraction of sp³-hybridized carbons (Fsp3) is 0.750. The Morgan fingerprint density at radius 1 is 1.46 bits per heavy atom. The predicted octanol–water partition coefficient (Wildman–Crippen LogP) is -0.565. The summed E-state index contributed by atoms with van der Waals surface area (Å²) in [6.07, 6.45) is -1.41. The first-order valence-electron chi connectivity index (χ1n) is 4.06. The second-order valence-electron chi connectivity index (χ2n) is 2.85. The molecule has 13 heavy (non-hydrogen) atoms. The summed E-state index contributed by atoms with van der Waals surface area (Å²) in [6.45, 7) is 4.42. The largest absolute Gasteiger partial charge is 0.453 e. The lowest BCUT2D eigenvalue weighted by molar-refractivity contribution is -0.152. The average Bonchev–Trinajstić information content (AvgIpc) is 1.98. The summed E-state index contributed by atoms with van der Waals surface area (Å²) in [5.74, 6) is -0.907. The molecular formula is C8H15NO4. The molecule has 0 saturated carbocycles. The van der Waals surface area contributed by atoms with E-state index in [1.54, 1.807) is 6.92 Å². The second kappa shape index (κ2) is 5.53. The molecule has 0 unspecified atom stereocenters. The van der Waals surface area contributed by atoms with Gasteiger partial charge >= 0.3 is 5.97 Å². The van der Waals surface area contributed by atoms with Crippen LogP contribution in [0, 0.1) is 0 Å². The van der Waals surface area contributed by atoms with Crippen molar-refractivity contribution in [3.63, 3.8) is 0 Å². The van der Waals surface area contributed by atoms with E-state index in [9.17, 15) is 9.59 Å². The maximum Gasteiger partial charge on any atom is 0.303 e. The summed E-state index contributed by atoms with van der Waals surface area (Å²) in [7, 11) is 0. The number of esters is 1. The van der Waals surface area contributed by atoms with Gasteiger partial charge in [-0.15, -0.1) is 0 Å². The highest BCUT2D eigenvalue weighted by Gasteiger charge is 2.15. The summed E-state index contributed by atoms with van der Waals surface area (Å²) < 4.78 is 4.61. The molecule has 0 aliphatic carbocycles. The van der Waals surface area contributed by atoms with Gasteiger partial charge in [-0.05, 0) is 13.8 Å². The van der Waals surface area contributed by atoms with Crippen LogP contribution in [0.25, 0.3) is 0 Å². The number of hydrogen-bond donors (Lipinski definition) is 2. The van der Waals surface area contributed by atoms with Crippen molar-refractivity contribution in [2.75, 3.05) is 6.54 Å². The summed E-state index contributed by atoms with van der Waals surface area (Å²) in [5.41, 5.74) is 0. The van der Waals surface area contributed by atoms with Crippen molar-refractivity contribution in [1.82, 2.24) is 5.32 Å². The van der Waals surface area contributed by atoms with E-state index in [1.807, 2.05) is 0 Å². The zero-order valence-corrected chi connectivity index (χ0v) is 8.03. The molecule has 1 amide bonds. The van der Waals surface area contributed by atoms with Crippen LogP contribution in [0.15, 0.2) is 0 Å². The average molecular weight is 189 g/mol. The molecule has 2 N–H and O–H groups in total. The molecule has 0 aromatic carbocycles. The van der Waals surface area contributed by atoms with Gasteiger partial charge in [-0.1, -0.05) is 0 Å². The van der Waals surface area contributed by atoms with Crippen LogP contribution in [-0.4, -0.2) is 35.7 Å². The fourth-order valence-corrected chi connectivity index (χ4v) is 0.694. The van der Waals surface area contributed by atoms with E-state index in [2.05, 4.69) is 10.1 Å². The van der Waals surface area contributed by atoms with E-state index in [0.29, 0.717) is 0 Å². The van der Waals surface area contributed by atoms with Crippen LogP contribution in [0.4, 0.5) is 0 Å². The fourth-order valence-electron chi connectivity index (χ4n) is 0.694. The molecule has 0 radical (unpaired) electrons. The lowest BCUT2D eigenvalue weighted by atomic mass is 10.3. The van der Waals surface area contributed by atoms with Gasteiger partial charge in [0.25, 0.3) is 5.91 Å². The van der Waals surface area contributed by atoms with Crippen LogP contribution in [0.5, 0.6) is 0 Å². The highest BCUT2D eigenvalue weighted by atomic mass is 16.5. The van der Waals surface area contributed by atoms with Gasteiger partial charge in [0, 0.05) is 13.5 Å². The normalized spacial score (nSPS) is 14.5. The summed E-state index contributed by atoms with van der Waals surface area (Å²) in [6, 6.07) is 0. The first kappa shape index (κ1) is 11.9. The Balaban J connectivity index is 3.76. The van der Waals surface area contributed by atoms with Gasteiger partial charge in [-0.2, -0.15) is 0 Å². The number of aliphatic hydroxyl groups excluding tert-OH is 1. The number of carbonyl (C=O) groups excluding carboxylic acids is 2. The van der Waals surface area contributed by atoms with Gasteiger partial charge in [0.2, 0.25) is 0 Å². The van der Waals surface area contributed by atoms with Gasteiger partial charge in [0.05, 0.1) is 6.10 Å². The number of carbonyl (C=O) groups is 2. The van der Waals surface area contributed by atoms with E-state index in [-0.39, 0.29) is 6.54 Å². The van der Waals surface area contributed by atoms with Crippen molar-refractivity contribution in [2.24, 2.45) is 0 Å². The third-order valence-electron chi connectivity index (χ3n) is 1.28. The Bertz CT molecular complexity index is 191. The van der Waals surface area contributed by atoms with Crippen molar-refractivity contribution in [3.05, 3.63) is 0 Å². The first-order valence-corrected chi connectivity index (χ1v) is 4.06. The summed E-state index contributed by atoms with van der Waals surface area (Å²) >= 11 is 0. The van der Waals surface area contributed by atoms with E-state index in [0.717, 1.165) is 0 Å². The van der Waals surface area contributed by atoms with Gasteiger partial charge in [-0.25, -0.2) is 0 Å². The van der Waals surface area contributed by atoms with Crippen LogP contribution in [-0.2, 0) is 14.3 Å². The minimum atomic E-state index is -0.809.